The van der Waals surface area contributed by atoms with Gasteiger partial charge in [-0.1, -0.05) is 12.1 Å². The number of aliphatic hydroxyl groups is 1. The second-order valence-corrected chi connectivity index (χ2v) is 4.91. The number of hydrogen-bond acceptors (Lipinski definition) is 4. The van der Waals surface area contributed by atoms with Gasteiger partial charge < -0.3 is 10.0 Å². The molecular formula is C15H12FN3O. The van der Waals surface area contributed by atoms with Crippen molar-refractivity contribution in [3.8, 4) is 6.07 Å². The molecule has 0 atom stereocenters. The van der Waals surface area contributed by atoms with Gasteiger partial charge in [0.1, 0.15) is 23.3 Å². The predicted octanol–water partition coefficient (Wildman–Crippen LogP) is 1.80. The molecule has 3 rings (SSSR count). The lowest BCUT2D eigenvalue weighted by Crippen LogP contribution is -2.59. The van der Waals surface area contributed by atoms with Crippen molar-refractivity contribution < 1.29 is 9.50 Å². The SMILES string of the molecule is N#Cc1ccc(N2CC(O)(c3ccc(F)cc3)C2)nc1. The van der Waals surface area contributed by atoms with Crippen molar-refractivity contribution in [2.24, 2.45) is 0 Å². The Balaban J connectivity index is 1.73. The molecule has 4 nitrogen and oxygen atoms in total. The van der Waals surface area contributed by atoms with Gasteiger partial charge in [0.15, 0.2) is 0 Å². The quantitative estimate of drug-likeness (QED) is 0.903. The standard InChI is InChI=1S/C15H12FN3O/c16-13-4-2-12(3-5-13)15(20)9-19(10-15)14-6-1-11(7-17)8-18-14/h1-6,8,20H,9-10H2. The summed E-state index contributed by atoms with van der Waals surface area (Å²) in [6.45, 7) is 0.801. The van der Waals surface area contributed by atoms with Crippen molar-refractivity contribution >= 4 is 5.82 Å². The summed E-state index contributed by atoms with van der Waals surface area (Å²) < 4.78 is 12.9. The van der Waals surface area contributed by atoms with Crippen LogP contribution in [0.15, 0.2) is 42.6 Å². The van der Waals surface area contributed by atoms with Crippen molar-refractivity contribution in [3.63, 3.8) is 0 Å². The summed E-state index contributed by atoms with van der Waals surface area (Å²) in [5.74, 6) is 0.401. The molecule has 1 aliphatic heterocycles. The van der Waals surface area contributed by atoms with E-state index in [1.165, 1.54) is 18.3 Å². The van der Waals surface area contributed by atoms with E-state index in [1.54, 1.807) is 24.3 Å². The number of pyridine rings is 1. The Morgan fingerprint density at radius 1 is 1.20 bits per heavy atom. The number of hydrogen-bond donors (Lipinski definition) is 1. The Bertz CT molecular complexity index is 655. The maximum atomic E-state index is 12.9. The van der Waals surface area contributed by atoms with Crippen molar-refractivity contribution in [3.05, 3.63) is 59.5 Å². The fourth-order valence-corrected chi connectivity index (χ4v) is 2.33. The minimum absolute atomic E-state index is 0.317. The molecular weight excluding hydrogens is 257 g/mol. The number of nitrogens with zero attached hydrogens (tertiary/aromatic N) is 3. The molecule has 0 radical (unpaired) electrons. The number of β-amino-alcohol motifs (C(OH)–C–C–N with tert-alkyl or cyclic N) is 1. The lowest BCUT2D eigenvalue weighted by atomic mass is 9.86. The first-order chi connectivity index (χ1) is 9.60. The van der Waals surface area contributed by atoms with Crippen LogP contribution in [0.5, 0.6) is 0 Å². The zero-order valence-corrected chi connectivity index (χ0v) is 10.6. The Kier molecular flexibility index (Phi) is 2.88. The molecule has 2 heterocycles. The first kappa shape index (κ1) is 12.6. The Hall–Kier alpha value is -2.45. The van der Waals surface area contributed by atoms with E-state index in [2.05, 4.69) is 4.98 Å². The number of anilines is 1. The van der Waals surface area contributed by atoms with E-state index in [-0.39, 0.29) is 5.82 Å². The van der Waals surface area contributed by atoms with Gasteiger partial charge in [0.25, 0.3) is 0 Å². The van der Waals surface area contributed by atoms with Crippen LogP contribution >= 0.6 is 0 Å². The molecule has 2 aromatic rings. The lowest BCUT2D eigenvalue weighted by molar-refractivity contribution is 0.00701. The summed E-state index contributed by atoms with van der Waals surface area (Å²) in [4.78, 5) is 6.08. The van der Waals surface area contributed by atoms with Gasteiger partial charge in [-0.15, -0.1) is 0 Å². The van der Waals surface area contributed by atoms with Crippen LogP contribution in [0.3, 0.4) is 0 Å². The minimum atomic E-state index is -0.969. The largest absolute Gasteiger partial charge is 0.381 e. The zero-order chi connectivity index (χ0) is 14.2. The van der Waals surface area contributed by atoms with E-state index in [4.69, 9.17) is 5.26 Å². The second kappa shape index (κ2) is 4.58. The smallest absolute Gasteiger partial charge is 0.128 e. The normalized spacial score (nSPS) is 16.4. The highest BCUT2D eigenvalue weighted by Gasteiger charge is 2.43. The number of aromatic nitrogens is 1. The molecule has 0 spiro atoms. The van der Waals surface area contributed by atoms with Crippen LogP contribution in [0.1, 0.15) is 11.1 Å². The molecule has 1 fully saturated rings. The van der Waals surface area contributed by atoms with Crippen LogP contribution in [-0.4, -0.2) is 23.2 Å². The van der Waals surface area contributed by atoms with E-state index in [0.29, 0.717) is 24.2 Å². The van der Waals surface area contributed by atoms with Crippen LogP contribution in [0.2, 0.25) is 0 Å². The fourth-order valence-electron chi connectivity index (χ4n) is 2.33. The third kappa shape index (κ3) is 2.10. The summed E-state index contributed by atoms with van der Waals surface area (Å²) in [7, 11) is 0. The topological polar surface area (TPSA) is 60.2 Å². The molecule has 0 unspecified atom stereocenters. The number of halogens is 1. The molecule has 0 bridgehead atoms. The number of benzene rings is 1. The number of rotatable bonds is 2. The third-order valence-corrected chi connectivity index (χ3v) is 3.49. The summed E-state index contributed by atoms with van der Waals surface area (Å²) in [5.41, 5.74) is 0.232. The third-order valence-electron chi connectivity index (χ3n) is 3.49. The molecule has 1 aliphatic rings. The van der Waals surface area contributed by atoms with E-state index >= 15 is 0 Å². The fraction of sp³-hybridized carbons (Fsp3) is 0.200. The van der Waals surface area contributed by atoms with Crippen LogP contribution in [0, 0.1) is 17.1 Å². The van der Waals surface area contributed by atoms with Crippen LogP contribution < -0.4 is 4.90 Å². The van der Waals surface area contributed by atoms with Gasteiger partial charge in [0.2, 0.25) is 0 Å². The van der Waals surface area contributed by atoms with Crippen LogP contribution in [-0.2, 0) is 5.60 Å². The predicted molar refractivity (Wildman–Crippen MR) is 71.5 cm³/mol. The van der Waals surface area contributed by atoms with Gasteiger partial charge in [0.05, 0.1) is 18.7 Å². The summed E-state index contributed by atoms with van der Waals surface area (Å²) in [5, 5.41) is 19.2. The maximum absolute atomic E-state index is 12.9. The van der Waals surface area contributed by atoms with Gasteiger partial charge in [-0.2, -0.15) is 5.26 Å². The Morgan fingerprint density at radius 3 is 2.45 bits per heavy atom. The van der Waals surface area contributed by atoms with E-state index in [1.807, 2.05) is 11.0 Å². The summed E-state index contributed by atoms with van der Waals surface area (Å²) >= 11 is 0. The molecule has 0 saturated carbocycles. The first-order valence-corrected chi connectivity index (χ1v) is 6.20. The molecule has 0 amide bonds. The van der Waals surface area contributed by atoms with Gasteiger partial charge in [0, 0.05) is 6.20 Å². The average Bonchev–Trinajstić information content (AvgIpc) is 2.45. The van der Waals surface area contributed by atoms with Crippen LogP contribution in [0.4, 0.5) is 10.2 Å². The minimum Gasteiger partial charge on any atom is -0.381 e. The highest BCUT2D eigenvalue weighted by molar-refractivity contribution is 5.48. The second-order valence-electron chi connectivity index (χ2n) is 4.91. The van der Waals surface area contributed by atoms with Crippen molar-refractivity contribution in [1.29, 1.82) is 5.26 Å². The van der Waals surface area contributed by atoms with Crippen molar-refractivity contribution in [2.45, 2.75) is 5.60 Å². The van der Waals surface area contributed by atoms with Gasteiger partial charge in [-0.05, 0) is 29.8 Å². The lowest BCUT2D eigenvalue weighted by Gasteiger charge is -2.47. The first-order valence-electron chi connectivity index (χ1n) is 6.20. The number of nitriles is 1. The molecule has 1 N–H and O–H groups in total. The van der Waals surface area contributed by atoms with Crippen molar-refractivity contribution in [1.82, 2.24) is 4.98 Å². The molecule has 1 saturated heterocycles. The highest BCUT2D eigenvalue weighted by Crippen LogP contribution is 2.34. The highest BCUT2D eigenvalue weighted by atomic mass is 19.1. The Morgan fingerprint density at radius 2 is 1.90 bits per heavy atom. The van der Waals surface area contributed by atoms with E-state index in [0.717, 1.165) is 5.82 Å². The molecule has 1 aromatic heterocycles. The summed E-state index contributed by atoms with van der Waals surface area (Å²) in [6, 6.07) is 11.3. The van der Waals surface area contributed by atoms with E-state index in [9.17, 15) is 9.50 Å². The monoisotopic (exact) mass is 269 g/mol. The van der Waals surface area contributed by atoms with Gasteiger partial charge in [-0.3, -0.25) is 0 Å². The Labute approximate surface area is 115 Å². The maximum Gasteiger partial charge on any atom is 0.128 e. The molecule has 5 heteroatoms. The molecule has 1 aromatic carbocycles. The van der Waals surface area contributed by atoms with Crippen molar-refractivity contribution in [2.75, 3.05) is 18.0 Å². The van der Waals surface area contributed by atoms with Gasteiger partial charge >= 0.3 is 0 Å². The molecule has 0 aliphatic carbocycles. The molecule has 20 heavy (non-hydrogen) atoms. The van der Waals surface area contributed by atoms with E-state index < -0.39 is 5.60 Å². The molecule has 100 valence electrons. The van der Waals surface area contributed by atoms with Gasteiger partial charge in [-0.25, -0.2) is 9.37 Å². The summed E-state index contributed by atoms with van der Waals surface area (Å²) in [6.07, 6.45) is 1.50. The average molecular weight is 269 g/mol. The van der Waals surface area contributed by atoms with Crippen LogP contribution in [0.25, 0.3) is 0 Å². The zero-order valence-electron chi connectivity index (χ0n) is 10.6.